The second-order valence-corrected chi connectivity index (χ2v) is 2.02. The molecular weight excluding hydrogens is 112 g/mol. The molecule has 0 saturated carbocycles. The molecule has 0 aliphatic carbocycles. The minimum absolute atomic E-state index is 0.0243. The molecule has 0 rings (SSSR count). The SMILES string of the molecule is C[NH2+]CCC(C)(F)F. The number of quaternary nitrogens is 1. The number of halogens is 2. The third-order valence-electron chi connectivity index (χ3n) is 0.872. The molecular formula is C5H12F2N+. The van der Waals surface area contributed by atoms with Gasteiger partial charge in [0.2, 0.25) is 0 Å². The molecule has 0 aromatic heterocycles. The van der Waals surface area contributed by atoms with Crippen LogP contribution in [0.25, 0.3) is 0 Å². The summed E-state index contributed by atoms with van der Waals surface area (Å²) in [6.45, 7) is 1.44. The summed E-state index contributed by atoms with van der Waals surface area (Å²) in [5.74, 6) is -2.48. The third kappa shape index (κ3) is 5.82. The predicted molar refractivity (Wildman–Crippen MR) is 28.0 cm³/mol. The monoisotopic (exact) mass is 124 g/mol. The van der Waals surface area contributed by atoms with Crippen LogP contribution in [0.4, 0.5) is 8.78 Å². The van der Waals surface area contributed by atoms with Crippen LogP contribution in [0.3, 0.4) is 0 Å². The molecule has 50 valence electrons. The van der Waals surface area contributed by atoms with Gasteiger partial charge < -0.3 is 5.32 Å². The zero-order valence-electron chi connectivity index (χ0n) is 5.25. The van der Waals surface area contributed by atoms with Crippen molar-refractivity contribution in [2.24, 2.45) is 0 Å². The van der Waals surface area contributed by atoms with Crippen molar-refractivity contribution >= 4 is 0 Å². The molecule has 0 radical (unpaired) electrons. The Balaban J connectivity index is 3.11. The van der Waals surface area contributed by atoms with Gasteiger partial charge in [-0.3, -0.25) is 0 Å². The van der Waals surface area contributed by atoms with Crippen molar-refractivity contribution in [1.82, 2.24) is 0 Å². The lowest BCUT2D eigenvalue weighted by atomic mass is 10.3. The first-order valence-corrected chi connectivity index (χ1v) is 2.72. The fourth-order valence-electron chi connectivity index (χ4n) is 0.398. The Kier molecular flexibility index (Phi) is 2.90. The number of hydrogen-bond donors (Lipinski definition) is 1. The van der Waals surface area contributed by atoms with Crippen molar-refractivity contribution in [3.63, 3.8) is 0 Å². The minimum atomic E-state index is -2.48. The highest BCUT2D eigenvalue weighted by Gasteiger charge is 2.20. The van der Waals surface area contributed by atoms with Crippen molar-refractivity contribution in [1.29, 1.82) is 0 Å². The van der Waals surface area contributed by atoms with E-state index < -0.39 is 5.92 Å². The van der Waals surface area contributed by atoms with Crippen LogP contribution >= 0.6 is 0 Å². The van der Waals surface area contributed by atoms with Gasteiger partial charge in [0.15, 0.2) is 0 Å². The minimum Gasteiger partial charge on any atom is -0.349 e. The number of alkyl halides is 2. The van der Waals surface area contributed by atoms with Crippen molar-refractivity contribution < 1.29 is 14.1 Å². The highest BCUT2D eigenvalue weighted by atomic mass is 19.3. The van der Waals surface area contributed by atoms with Crippen molar-refractivity contribution in [3.8, 4) is 0 Å². The van der Waals surface area contributed by atoms with Crippen LogP contribution < -0.4 is 5.32 Å². The number of hydrogen-bond acceptors (Lipinski definition) is 0. The summed E-state index contributed by atoms with van der Waals surface area (Å²) in [6.07, 6.45) is -0.0243. The summed E-state index contributed by atoms with van der Waals surface area (Å²) in [5.41, 5.74) is 0. The molecule has 0 fully saturated rings. The molecule has 0 spiro atoms. The first-order valence-electron chi connectivity index (χ1n) is 2.72. The maximum atomic E-state index is 11.9. The molecule has 0 aromatic carbocycles. The van der Waals surface area contributed by atoms with Crippen LogP contribution in [-0.4, -0.2) is 19.5 Å². The van der Waals surface area contributed by atoms with Gasteiger partial charge in [0.25, 0.3) is 5.92 Å². The van der Waals surface area contributed by atoms with Gasteiger partial charge in [0.1, 0.15) is 0 Å². The number of nitrogens with two attached hydrogens (primary N) is 1. The Morgan fingerprint density at radius 2 is 2.00 bits per heavy atom. The second kappa shape index (κ2) is 2.97. The topological polar surface area (TPSA) is 16.6 Å². The van der Waals surface area contributed by atoms with E-state index in [4.69, 9.17) is 0 Å². The zero-order chi connectivity index (χ0) is 6.62. The van der Waals surface area contributed by atoms with Crippen LogP contribution in [0.15, 0.2) is 0 Å². The van der Waals surface area contributed by atoms with Crippen LogP contribution in [0.1, 0.15) is 13.3 Å². The van der Waals surface area contributed by atoms with E-state index in [1.807, 2.05) is 0 Å². The van der Waals surface area contributed by atoms with Crippen molar-refractivity contribution in [3.05, 3.63) is 0 Å². The lowest BCUT2D eigenvalue weighted by Crippen LogP contribution is -2.80. The van der Waals surface area contributed by atoms with Crippen LogP contribution in [-0.2, 0) is 0 Å². The fraction of sp³-hybridized carbons (Fsp3) is 1.00. The molecule has 1 nitrogen and oxygen atoms in total. The normalized spacial score (nSPS) is 12.0. The van der Waals surface area contributed by atoms with Crippen LogP contribution in [0, 0.1) is 0 Å². The summed E-state index contributed by atoms with van der Waals surface area (Å²) in [5, 5.41) is 1.75. The van der Waals surface area contributed by atoms with Crippen molar-refractivity contribution in [2.75, 3.05) is 13.6 Å². The molecule has 0 amide bonds. The Bertz CT molecular complexity index is 57.9. The first kappa shape index (κ1) is 7.82. The molecule has 0 unspecified atom stereocenters. The summed E-state index contributed by atoms with van der Waals surface area (Å²) >= 11 is 0. The molecule has 0 aliphatic heterocycles. The molecule has 0 bridgehead atoms. The molecule has 0 aromatic rings. The van der Waals surface area contributed by atoms with E-state index in [-0.39, 0.29) is 6.42 Å². The van der Waals surface area contributed by atoms with Gasteiger partial charge in [0, 0.05) is 0 Å². The Morgan fingerprint density at radius 3 is 2.12 bits per heavy atom. The van der Waals surface area contributed by atoms with Crippen molar-refractivity contribution in [2.45, 2.75) is 19.3 Å². The Morgan fingerprint density at radius 1 is 1.50 bits per heavy atom. The van der Waals surface area contributed by atoms with E-state index in [1.54, 1.807) is 12.4 Å². The van der Waals surface area contributed by atoms with E-state index in [0.29, 0.717) is 6.54 Å². The Labute approximate surface area is 48.1 Å². The summed E-state index contributed by atoms with van der Waals surface area (Å²) in [6, 6.07) is 0. The maximum Gasteiger partial charge on any atom is 0.250 e. The van der Waals surface area contributed by atoms with E-state index in [1.165, 1.54) is 0 Å². The summed E-state index contributed by atoms with van der Waals surface area (Å²) < 4.78 is 23.8. The van der Waals surface area contributed by atoms with E-state index >= 15 is 0 Å². The Hall–Kier alpha value is -0.180. The largest absolute Gasteiger partial charge is 0.349 e. The smallest absolute Gasteiger partial charge is 0.250 e. The van der Waals surface area contributed by atoms with Crippen LogP contribution in [0.5, 0.6) is 0 Å². The third-order valence-corrected chi connectivity index (χ3v) is 0.872. The van der Waals surface area contributed by atoms with Gasteiger partial charge in [-0.2, -0.15) is 0 Å². The highest BCUT2D eigenvalue weighted by Crippen LogP contribution is 2.13. The average Bonchev–Trinajstić information content (AvgIpc) is 1.59. The maximum absolute atomic E-state index is 11.9. The molecule has 0 aliphatic rings. The molecule has 8 heavy (non-hydrogen) atoms. The molecule has 3 heteroatoms. The molecule has 0 heterocycles. The standard InChI is InChI=1S/C5H11F2N/c1-5(6,7)3-4-8-2/h8H,3-4H2,1-2H3/p+1. The lowest BCUT2D eigenvalue weighted by Gasteiger charge is -2.05. The van der Waals surface area contributed by atoms with Gasteiger partial charge >= 0.3 is 0 Å². The van der Waals surface area contributed by atoms with Gasteiger partial charge in [0.05, 0.1) is 20.0 Å². The quantitative estimate of drug-likeness (QED) is 0.554. The fourth-order valence-corrected chi connectivity index (χ4v) is 0.398. The predicted octanol–water partition coefficient (Wildman–Crippen LogP) is 0.225. The molecule has 2 N–H and O–H groups in total. The molecule has 0 atom stereocenters. The van der Waals surface area contributed by atoms with E-state index in [0.717, 1.165) is 6.92 Å². The van der Waals surface area contributed by atoms with Gasteiger partial charge in [-0.1, -0.05) is 0 Å². The van der Waals surface area contributed by atoms with Gasteiger partial charge in [-0.05, 0) is 6.92 Å². The second-order valence-electron chi connectivity index (χ2n) is 2.02. The summed E-state index contributed by atoms with van der Waals surface area (Å²) in [7, 11) is 1.78. The van der Waals surface area contributed by atoms with E-state index in [2.05, 4.69) is 0 Å². The van der Waals surface area contributed by atoms with Crippen LogP contribution in [0.2, 0.25) is 0 Å². The van der Waals surface area contributed by atoms with E-state index in [9.17, 15) is 8.78 Å². The highest BCUT2D eigenvalue weighted by molar-refractivity contribution is 4.54. The van der Waals surface area contributed by atoms with Gasteiger partial charge in [-0.15, -0.1) is 0 Å². The van der Waals surface area contributed by atoms with Gasteiger partial charge in [-0.25, -0.2) is 8.78 Å². The lowest BCUT2D eigenvalue weighted by molar-refractivity contribution is -0.629. The first-order chi connectivity index (χ1) is 3.56. The number of rotatable bonds is 3. The molecule has 0 saturated heterocycles. The zero-order valence-corrected chi connectivity index (χ0v) is 5.25. The summed E-state index contributed by atoms with van der Waals surface area (Å²) in [4.78, 5) is 0. The average molecular weight is 124 g/mol.